The van der Waals surface area contributed by atoms with E-state index in [9.17, 15) is 4.79 Å². The largest absolute Gasteiger partial charge is 0.330 e. The van der Waals surface area contributed by atoms with Gasteiger partial charge in [-0.15, -0.1) is 0 Å². The summed E-state index contributed by atoms with van der Waals surface area (Å²) in [6.07, 6.45) is 4.10. The zero-order valence-electron chi connectivity index (χ0n) is 12.2. The van der Waals surface area contributed by atoms with Gasteiger partial charge < -0.3 is 11.1 Å². The van der Waals surface area contributed by atoms with Crippen molar-refractivity contribution < 1.29 is 4.79 Å². The minimum atomic E-state index is -0.414. The summed E-state index contributed by atoms with van der Waals surface area (Å²) in [5.74, 6) is 0.107. The van der Waals surface area contributed by atoms with Crippen LogP contribution in [0.1, 0.15) is 50.3 Å². The highest BCUT2D eigenvalue weighted by Gasteiger charge is 2.39. The van der Waals surface area contributed by atoms with Gasteiger partial charge >= 0.3 is 0 Å². The Balaban J connectivity index is 2.40. The number of aryl methyl sites for hydroxylation is 2. The molecule has 0 radical (unpaired) electrons. The van der Waals surface area contributed by atoms with E-state index >= 15 is 0 Å². The SMILES string of the molecule is CCc1cc(CCCCN)c2c(c1)C(C)(C)C(=O)N2. The number of fused-ring (bicyclic) bond motifs is 1. The summed E-state index contributed by atoms with van der Waals surface area (Å²) in [6.45, 7) is 6.88. The minimum absolute atomic E-state index is 0.107. The summed E-state index contributed by atoms with van der Waals surface area (Å²) < 4.78 is 0. The van der Waals surface area contributed by atoms with Gasteiger partial charge in [0.05, 0.1) is 5.41 Å². The standard InChI is InChI=1S/C16H24N2O/c1-4-11-9-12(7-5-6-8-17)14-13(10-11)16(2,3)15(19)18-14/h9-10H,4-8,17H2,1-3H3,(H,18,19). The molecule has 1 aromatic carbocycles. The molecule has 2 rings (SSSR count). The van der Waals surface area contributed by atoms with Crippen LogP contribution in [-0.2, 0) is 23.1 Å². The number of carbonyl (C=O) groups excluding carboxylic acids is 1. The first-order valence-corrected chi connectivity index (χ1v) is 7.18. The Hall–Kier alpha value is -1.35. The summed E-state index contributed by atoms with van der Waals surface area (Å²) in [5.41, 5.74) is 9.92. The van der Waals surface area contributed by atoms with Crippen LogP contribution in [0.5, 0.6) is 0 Å². The summed E-state index contributed by atoms with van der Waals surface area (Å²) in [4.78, 5) is 12.1. The number of benzene rings is 1. The zero-order chi connectivity index (χ0) is 14.0. The zero-order valence-corrected chi connectivity index (χ0v) is 12.2. The summed E-state index contributed by atoms with van der Waals surface area (Å²) in [7, 11) is 0. The van der Waals surface area contributed by atoms with Gasteiger partial charge in [-0.2, -0.15) is 0 Å². The van der Waals surface area contributed by atoms with Crippen LogP contribution in [0.25, 0.3) is 0 Å². The molecule has 1 amide bonds. The molecule has 0 saturated heterocycles. The molecule has 104 valence electrons. The highest BCUT2D eigenvalue weighted by Crippen LogP contribution is 2.40. The molecule has 19 heavy (non-hydrogen) atoms. The molecule has 0 atom stereocenters. The number of nitrogens with two attached hydrogens (primary N) is 1. The molecule has 3 heteroatoms. The van der Waals surface area contributed by atoms with Gasteiger partial charge in [-0.25, -0.2) is 0 Å². The molecule has 1 heterocycles. The fourth-order valence-electron chi connectivity index (χ4n) is 2.66. The Kier molecular flexibility index (Phi) is 3.95. The first kappa shape index (κ1) is 14.1. The molecule has 0 aliphatic carbocycles. The van der Waals surface area contributed by atoms with E-state index in [1.165, 1.54) is 11.1 Å². The average molecular weight is 260 g/mol. The van der Waals surface area contributed by atoms with Crippen LogP contribution in [0.15, 0.2) is 12.1 Å². The topological polar surface area (TPSA) is 55.1 Å². The maximum atomic E-state index is 12.1. The maximum Gasteiger partial charge on any atom is 0.234 e. The van der Waals surface area contributed by atoms with E-state index < -0.39 is 5.41 Å². The lowest BCUT2D eigenvalue weighted by Crippen LogP contribution is -2.26. The second-order valence-corrected chi connectivity index (χ2v) is 5.86. The number of hydrogen-bond donors (Lipinski definition) is 2. The van der Waals surface area contributed by atoms with Gasteiger partial charge in [0.15, 0.2) is 0 Å². The highest BCUT2D eigenvalue weighted by atomic mass is 16.2. The first-order valence-electron chi connectivity index (χ1n) is 7.18. The predicted octanol–water partition coefficient (Wildman–Crippen LogP) is 2.76. The first-order chi connectivity index (χ1) is 9.00. The van der Waals surface area contributed by atoms with Crippen molar-refractivity contribution in [3.8, 4) is 0 Å². The van der Waals surface area contributed by atoms with E-state index in [2.05, 4.69) is 24.4 Å². The van der Waals surface area contributed by atoms with E-state index in [0.29, 0.717) is 0 Å². The number of amides is 1. The van der Waals surface area contributed by atoms with Crippen LogP contribution in [0, 0.1) is 0 Å². The fourth-order valence-corrected chi connectivity index (χ4v) is 2.66. The molecule has 1 aliphatic rings. The molecule has 3 nitrogen and oxygen atoms in total. The minimum Gasteiger partial charge on any atom is -0.330 e. The van der Waals surface area contributed by atoms with Gasteiger partial charge in [-0.05, 0) is 62.8 Å². The number of rotatable bonds is 5. The lowest BCUT2D eigenvalue weighted by molar-refractivity contribution is -0.119. The molecule has 0 aromatic heterocycles. The van der Waals surface area contributed by atoms with Gasteiger partial charge in [0.25, 0.3) is 0 Å². The number of carbonyl (C=O) groups is 1. The Bertz CT molecular complexity index is 492. The molecule has 0 saturated carbocycles. The molecule has 1 aliphatic heterocycles. The molecular weight excluding hydrogens is 236 g/mol. The van der Waals surface area contributed by atoms with Gasteiger partial charge in [0.1, 0.15) is 0 Å². The van der Waals surface area contributed by atoms with Crippen molar-refractivity contribution in [2.45, 2.75) is 51.9 Å². The normalized spacial score (nSPS) is 16.3. The van der Waals surface area contributed by atoms with Crippen molar-refractivity contribution in [1.82, 2.24) is 0 Å². The van der Waals surface area contributed by atoms with Gasteiger partial charge in [-0.1, -0.05) is 19.1 Å². The Labute approximate surface area is 115 Å². The maximum absolute atomic E-state index is 12.1. The highest BCUT2D eigenvalue weighted by molar-refractivity contribution is 6.06. The molecule has 0 fully saturated rings. The van der Waals surface area contributed by atoms with E-state index in [-0.39, 0.29) is 5.91 Å². The van der Waals surface area contributed by atoms with E-state index in [4.69, 9.17) is 5.73 Å². The second-order valence-electron chi connectivity index (χ2n) is 5.86. The number of unbranched alkanes of at least 4 members (excludes halogenated alkanes) is 1. The molecule has 3 N–H and O–H groups in total. The third-order valence-electron chi connectivity index (χ3n) is 4.07. The van der Waals surface area contributed by atoms with E-state index in [1.54, 1.807) is 0 Å². The van der Waals surface area contributed by atoms with Crippen molar-refractivity contribution in [2.24, 2.45) is 5.73 Å². The molecular formula is C16H24N2O. The van der Waals surface area contributed by atoms with Crippen LogP contribution < -0.4 is 11.1 Å². The lowest BCUT2D eigenvalue weighted by atomic mass is 9.83. The van der Waals surface area contributed by atoms with Crippen molar-refractivity contribution in [1.29, 1.82) is 0 Å². The molecule has 0 unspecified atom stereocenters. The van der Waals surface area contributed by atoms with Gasteiger partial charge in [0.2, 0.25) is 5.91 Å². The number of anilines is 1. The molecule has 0 spiro atoms. The summed E-state index contributed by atoms with van der Waals surface area (Å²) >= 11 is 0. The summed E-state index contributed by atoms with van der Waals surface area (Å²) in [6, 6.07) is 4.41. The smallest absolute Gasteiger partial charge is 0.234 e. The van der Waals surface area contributed by atoms with Gasteiger partial charge in [0, 0.05) is 5.69 Å². The van der Waals surface area contributed by atoms with Crippen molar-refractivity contribution in [2.75, 3.05) is 11.9 Å². The Morgan fingerprint density at radius 3 is 2.63 bits per heavy atom. The average Bonchev–Trinajstić information content (AvgIpc) is 2.61. The molecule has 1 aromatic rings. The van der Waals surface area contributed by atoms with Crippen molar-refractivity contribution in [3.05, 3.63) is 28.8 Å². The number of nitrogens with one attached hydrogen (secondary N) is 1. The van der Waals surface area contributed by atoms with Crippen LogP contribution in [-0.4, -0.2) is 12.5 Å². The molecule has 0 bridgehead atoms. The van der Waals surface area contributed by atoms with Crippen LogP contribution in [0.3, 0.4) is 0 Å². The Morgan fingerprint density at radius 1 is 1.26 bits per heavy atom. The third kappa shape index (κ3) is 2.52. The lowest BCUT2D eigenvalue weighted by Gasteiger charge is -2.17. The van der Waals surface area contributed by atoms with E-state index in [0.717, 1.165) is 43.5 Å². The van der Waals surface area contributed by atoms with Crippen LogP contribution in [0.4, 0.5) is 5.69 Å². The number of hydrogen-bond acceptors (Lipinski definition) is 2. The Morgan fingerprint density at radius 2 is 2.00 bits per heavy atom. The fraction of sp³-hybridized carbons (Fsp3) is 0.562. The van der Waals surface area contributed by atoms with Crippen LogP contribution in [0.2, 0.25) is 0 Å². The van der Waals surface area contributed by atoms with Crippen LogP contribution >= 0.6 is 0 Å². The second kappa shape index (κ2) is 5.33. The quantitative estimate of drug-likeness (QED) is 0.800. The van der Waals surface area contributed by atoms with Crippen molar-refractivity contribution >= 4 is 11.6 Å². The monoisotopic (exact) mass is 260 g/mol. The summed E-state index contributed by atoms with van der Waals surface area (Å²) in [5, 5.41) is 3.06. The van der Waals surface area contributed by atoms with Crippen molar-refractivity contribution in [3.63, 3.8) is 0 Å². The van der Waals surface area contributed by atoms with Gasteiger partial charge in [-0.3, -0.25) is 4.79 Å². The van der Waals surface area contributed by atoms with E-state index in [1.807, 2.05) is 13.8 Å². The predicted molar refractivity (Wildman–Crippen MR) is 79.5 cm³/mol. The third-order valence-corrected chi connectivity index (χ3v) is 4.07.